The molecule has 0 aliphatic rings. The summed E-state index contributed by atoms with van der Waals surface area (Å²) in [5.74, 6) is -0.459. The van der Waals surface area contributed by atoms with E-state index >= 15 is 0 Å². The molecule has 8 heteroatoms. The van der Waals surface area contributed by atoms with E-state index < -0.39 is 17.9 Å². The Morgan fingerprint density at radius 3 is 2.39 bits per heavy atom. The average Bonchev–Trinajstić information content (AvgIpc) is 2.86. The quantitative estimate of drug-likeness (QED) is 0.465. The van der Waals surface area contributed by atoms with Crippen molar-refractivity contribution in [2.75, 3.05) is 24.4 Å². The normalized spacial score (nSPS) is 11.3. The third-order valence-electron chi connectivity index (χ3n) is 4.95. The summed E-state index contributed by atoms with van der Waals surface area (Å²) in [6, 6.07) is 16.9. The summed E-state index contributed by atoms with van der Waals surface area (Å²) in [7, 11) is 1.30. The van der Waals surface area contributed by atoms with Crippen LogP contribution in [0.1, 0.15) is 27.1 Å². The van der Waals surface area contributed by atoms with Gasteiger partial charge in [0.15, 0.2) is 0 Å². The van der Waals surface area contributed by atoms with Crippen LogP contribution in [0, 0.1) is 0 Å². The summed E-state index contributed by atoms with van der Waals surface area (Å²) in [4.78, 5) is 41.8. The number of benzene rings is 2. The Balaban J connectivity index is 1.91. The van der Waals surface area contributed by atoms with Crippen molar-refractivity contribution in [3.05, 3.63) is 84.2 Å². The number of anilines is 1. The van der Waals surface area contributed by atoms with Crippen LogP contribution in [0.25, 0.3) is 11.1 Å². The lowest BCUT2D eigenvalue weighted by atomic mass is 9.98. The minimum absolute atomic E-state index is 0.281. The summed E-state index contributed by atoms with van der Waals surface area (Å²) < 4.78 is 4.85. The number of thioether (sulfide) groups is 1. The van der Waals surface area contributed by atoms with Crippen LogP contribution in [0.15, 0.2) is 73.1 Å². The number of carbonyl (C=O) groups excluding carboxylic acids is 3. The number of ether oxygens (including phenoxy) is 1. The minimum atomic E-state index is -0.746. The Bertz CT molecular complexity index is 1110. The van der Waals surface area contributed by atoms with E-state index in [0.29, 0.717) is 34.6 Å². The molecule has 0 saturated heterocycles. The van der Waals surface area contributed by atoms with Gasteiger partial charge in [-0.05, 0) is 59.9 Å². The van der Waals surface area contributed by atoms with E-state index in [-0.39, 0.29) is 5.91 Å². The van der Waals surface area contributed by atoms with E-state index in [1.807, 2.05) is 36.6 Å². The SMILES string of the molecule is COC(=O)[C@H](CCSC)NC(=O)c1ccc(NC(=O)c2ccncc2)cc1-c1ccccc1. The maximum Gasteiger partial charge on any atom is 0.328 e. The van der Waals surface area contributed by atoms with Gasteiger partial charge in [-0.15, -0.1) is 0 Å². The van der Waals surface area contributed by atoms with Crippen LogP contribution in [0.4, 0.5) is 5.69 Å². The van der Waals surface area contributed by atoms with E-state index in [1.54, 1.807) is 54.5 Å². The largest absolute Gasteiger partial charge is 0.467 e. The first-order valence-electron chi connectivity index (χ1n) is 10.3. The summed E-state index contributed by atoms with van der Waals surface area (Å²) in [5.41, 5.74) is 2.85. The summed E-state index contributed by atoms with van der Waals surface area (Å²) >= 11 is 1.58. The monoisotopic (exact) mass is 463 g/mol. The molecule has 170 valence electrons. The standard InChI is InChI=1S/C25H25N3O4S/c1-32-25(31)22(12-15-33-2)28-24(30)20-9-8-19(16-21(20)17-6-4-3-5-7-17)27-23(29)18-10-13-26-14-11-18/h3-11,13-14,16,22H,12,15H2,1-2H3,(H,27,29)(H,28,30)/t22-/m0/s1. The molecule has 1 atom stereocenters. The van der Waals surface area contributed by atoms with Gasteiger partial charge < -0.3 is 15.4 Å². The highest BCUT2D eigenvalue weighted by atomic mass is 32.2. The summed E-state index contributed by atoms with van der Waals surface area (Å²) in [6.45, 7) is 0. The number of amides is 2. The van der Waals surface area contributed by atoms with Gasteiger partial charge in [0.05, 0.1) is 7.11 Å². The van der Waals surface area contributed by atoms with Gasteiger partial charge >= 0.3 is 5.97 Å². The molecule has 1 heterocycles. The lowest BCUT2D eigenvalue weighted by Crippen LogP contribution is -2.42. The number of aromatic nitrogens is 1. The highest BCUT2D eigenvalue weighted by Crippen LogP contribution is 2.27. The molecular weight excluding hydrogens is 438 g/mol. The van der Waals surface area contributed by atoms with Crippen LogP contribution in [-0.4, -0.2) is 47.9 Å². The molecule has 2 N–H and O–H groups in total. The predicted octanol–water partition coefficient (Wildman–Crippen LogP) is 4.03. The predicted molar refractivity (Wildman–Crippen MR) is 130 cm³/mol. The molecule has 0 radical (unpaired) electrons. The third kappa shape index (κ3) is 6.43. The fourth-order valence-electron chi connectivity index (χ4n) is 3.25. The smallest absolute Gasteiger partial charge is 0.328 e. The van der Waals surface area contributed by atoms with Crippen molar-refractivity contribution in [3.8, 4) is 11.1 Å². The molecule has 1 aromatic heterocycles. The fraction of sp³-hybridized carbons (Fsp3) is 0.200. The molecule has 0 aliphatic carbocycles. The Hall–Kier alpha value is -3.65. The molecule has 7 nitrogen and oxygen atoms in total. The first-order chi connectivity index (χ1) is 16.0. The van der Waals surface area contributed by atoms with E-state index in [9.17, 15) is 14.4 Å². The van der Waals surface area contributed by atoms with Crippen molar-refractivity contribution >= 4 is 35.2 Å². The van der Waals surface area contributed by atoms with Crippen LogP contribution in [0.2, 0.25) is 0 Å². The molecule has 33 heavy (non-hydrogen) atoms. The van der Waals surface area contributed by atoms with Gasteiger partial charge in [-0.25, -0.2) is 4.79 Å². The Labute approximate surface area is 197 Å². The number of nitrogens with one attached hydrogen (secondary N) is 2. The lowest BCUT2D eigenvalue weighted by Gasteiger charge is -2.18. The molecule has 2 amide bonds. The molecule has 2 aromatic carbocycles. The van der Waals surface area contributed by atoms with Gasteiger partial charge in [-0.1, -0.05) is 30.3 Å². The number of esters is 1. The summed E-state index contributed by atoms with van der Waals surface area (Å²) in [6.07, 6.45) is 5.49. The second kappa shape index (κ2) is 11.8. The average molecular weight is 464 g/mol. The second-order valence-electron chi connectivity index (χ2n) is 7.15. The fourth-order valence-corrected chi connectivity index (χ4v) is 3.72. The lowest BCUT2D eigenvalue weighted by molar-refractivity contribution is -0.142. The Kier molecular flexibility index (Phi) is 8.60. The number of carbonyl (C=O) groups is 3. The van der Waals surface area contributed by atoms with Gasteiger partial charge in [0.1, 0.15) is 6.04 Å². The van der Waals surface area contributed by atoms with Crippen molar-refractivity contribution in [1.82, 2.24) is 10.3 Å². The zero-order valence-corrected chi connectivity index (χ0v) is 19.2. The van der Waals surface area contributed by atoms with Crippen molar-refractivity contribution in [2.45, 2.75) is 12.5 Å². The van der Waals surface area contributed by atoms with Crippen LogP contribution < -0.4 is 10.6 Å². The molecule has 0 bridgehead atoms. The van der Waals surface area contributed by atoms with Crippen LogP contribution in [0.3, 0.4) is 0 Å². The number of pyridine rings is 1. The van der Waals surface area contributed by atoms with Gasteiger partial charge in [-0.3, -0.25) is 14.6 Å². The molecule has 0 saturated carbocycles. The third-order valence-corrected chi connectivity index (χ3v) is 5.59. The number of rotatable bonds is 9. The van der Waals surface area contributed by atoms with E-state index in [4.69, 9.17) is 4.74 Å². The van der Waals surface area contributed by atoms with Gasteiger partial charge in [-0.2, -0.15) is 11.8 Å². The van der Waals surface area contributed by atoms with Crippen molar-refractivity contribution in [3.63, 3.8) is 0 Å². The number of hydrogen-bond donors (Lipinski definition) is 2. The molecule has 0 spiro atoms. The van der Waals surface area contributed by atoms with Crippen molar-refractivity contribution in [1.29, 1.82) is 0 Å². The molecule has 0 unspecified atom stereocenters. The highest BCUT2D eigenvalue weighted by molar-refractivity contribution is 7.98. The minimum Gasteiger partial charge on any atom is -0.467 e. The first-order valence-corrected chi connectivity index (χ1v) is 11.7. The van der Waals surface area contributed by atoms with Crippen LogP contribution in [0.5, 0.6) is 0 Å². The van der Waals surface area contributed by atoms with Gasteiger partial charge in [0.2, 0.25) is 0 Å². The second-order valence-corrected chi connectivity index (χ2v) is 8.13. The number of nitrogens with zero attached hydrogens (tertiary/aromatic N) is 1. The number of methoxy groups -OCH3 is 1. The van der Waals surface area contributed by atoms with E-state index in [2.05, 4.69) is 15.6 Å². The topological polar surface area (TPSA) is 97.4 Å². The van der Waals surface area contributed by atoms with Gasteiger partial charge in [0, 0.05) is 29.2 Å². The maximum atomic E-state index is 13.2. The Morgan fingerprint density at radius 1 is 1.00 bits per heavy atom. The van der Waals surface area contributed by atoms with Crippen LogP contribution in [-0.2, 0) is 9.53 Å². The van der Waals surface area contributed by atoms with E-state index in [0.717, 1.165) is 5.56 Å². The van der Waals surface area contributed by atoms with E-state index in [1.165, 1.54) is 7.11 Å². The van der Waals surface area contributed by atoms with Crippen molar-refractivity contribution in [2.24, 2.45) is 0 Å². The Morgan fingerprint density at radius 2 is 1.73 bits per heavy atom. The molecular formula is C25H25N3O4S. The first kappa shape index (κ1) is 24.0. The molecule has 0 fully saturated rings. The zero-order valence-electron chi connectivity index (χ0n) is 18.4. The highest BCUT2D eigenvalue weighted by Gasteiger charge is 2.23. The maximum absolute atomic E-state index is 13.2. The van der Waals surface area contributed by atoms with Crippen molar-refractivity contribution < 1.29 is 19.1 Å². The summed E-state index contributed by atoms with van der Waals surface area (Å²) in [5, 5.41) is 5.65. The number of hydrogen-bond acceptors (Lipinski definition) is 6. The van der Waals surface area contributed by atoms with Crippen LogP contribution >= 0.6 is 11.8 Å². The molecule has 3 aromatic rings. The zero-order chi connectivity index (χ0) is 23.6. The molecule has 0 aliphatic heterocycles. The van der Waals surface area contributed by atoms with Gasteiger partial charge in [0.25, 0.3) is 11.8 Å². The molecule has 3 rings (SSSR count).